The smallest absolute Gasteiger partial charge is 0.343 e. The van der Waals surface area contributed by atoms with Gasteiger partial charge >= 0.3 is 5.97 Å². The van der Waals surface area contributed by atoms with Gasteiger partial charge in [0.25, 0.3) is 0 Å². The number of carbonyl (C=O) groups is 1. The molecule has 1 aromatic heterocycles. The van der Waals surface area contributed by atoms with E-state index in [1.807, 2.05) is 36.6 Å². The number of hydrogen-bond donors (Lipinski definition) is 1. The van der Waals surface area contributed by atoms with Gasteiger partial charge in [0.1, 0.15) is 11.3 Å². The van der Waals surface area contributed by atoms with E-state index in [0.29, 0.717) is 21.5 Å². The van der Waals surface area contributed by atoms with Crippen molar-refractivity contribution in [1.29, 1.82) is 0 Å². The lowest BCUT2D eigenvalue weighted by molar-refractivity contribution is -0.135. The van der Waals surface area contributed by atoms with Crippen LogP contribution in [-0.4, -0.2) is 28.5 Å². The molecule has 0 saturated heterocycles. The first-order chi connectivity index (χ1) is 12.8. The van der Waals surface area contributed by atoms with Gasteiger partial charge in [0, 0.05) is 11.4 Å². The van der Waals surface area contributed by atoms with Crippen LogP contribution in [0.2, 0.25) is 10.0 Å². The van der Waals surface area contributed by atoms with Gasteiger partial charge in [-0.2, -0.15) is 0 Å². The van der Waals surface area contributed by atoms with Gasteiger partial charge in [-0.15, -0.1) is 0 Å². The summed E-state index contributed by atoms with van der Waals surface area (Å²) in [6.07, 6.45) is 1.73. The standard InChI is InChI=1S/C20H18Cl2N2O3/c1-10-8-13(9-15-19(25)17(11(2)23-15)20(26)27-4)12(3)24(10)16-7-5-6-14(21)18(16)22/h5-9,25H,1-4H3/b15-9-. The Morgan fingerprint density at radius 2 is 1.96 bits per heavy atom. The predicted octanol–water partition coefficient (Wildman–Crippen LogP) is 5.20. The normalized spacial score (nSPS) is 15.5. The number of rotatable bonds is 3. The topological polar surface area (TPSA) is 63.8 Å². The van der Waals surface area contributed by atoms with Crippen molar-refractivity contribution < 1.29 is 14.6 Å². The van der Waals surface area contributed by atoms with Gasteiger partial charge in [-0.25, -0.2) is 9.79 Å². The van der Waals surface area contributed by atoms with Crippen molar-refractivity contribution in [1.82, 2.24) is 4.57 Å². The maximum absolute atomic E-state index is 11.8. The van der Waals surface area contributed by atoms with E-state index in [1.54, 1.807) is 19.1 Å². The minimum absolute atomic E-state index is 0.0791. The number of aliphatic hydroxyl groups is 1. The molecule has 0 atom stereocenters. The van der Waals surface area contributed by atoms with Crippen LogP contribution in [-0.2, 0) is 9.53 Å². The monoisotopic (exact) mass is 404 g/mol. The number of benzene rings is 1. The van der Waals surface area contributed by atoms with Crippen LogP contribution in [0.25, 0.3) is 11.8 Å². The van der Waals surface area contributed by atoms with Crippen molar-refractivity contribution in [3.8, 4) is 5.69 Å². The Morgan fingerprint density at radius 1 is 1.26 bits per heavy atom. The van der Waals surface area contributed by atoms with E-state index in [0.717, 1.165) is 22.6 Å². The van der Waals surface area contributed by atoms with Crippen LogP contribution in [0.5, 0.6) is 0 Å². The van der Waals surface area contributed by atoms with Crippen molar-refractivity contribution in [3.63, 3.8) is 0 Å². The van der Waals surface area contributed by atoms with Crippen LogP contribution in [0.1, 0.15) is 23.9 Å². The molecule has 1 aliphatic heterocycles. The van der Waals surface area contributed by atoms with E-state index in [9.17, 15) is 9.90 Å². The third-order valence-electron chi connectivity index (χ3n) is 4.45. The molecule has 0 unspecified atom stereocenters. The maximum atomic E-state index is 11.8. The number of aliphatic hydroxyl groups excluding tert-OH is 1. The van der Waals surface area contributed by atoms with Crippen LogP contribution in [0.15, 0.2) is 46.3 Å². The average Bonchev–Trinajstić information content (AvgIpc) is 3.06. The number of methoxy groups -OCH3 is 1. The number of carbonyl (C=O) groups excluding carboxylic acids is 1. The number of ether oxygens (including phenoxy) is 1. The summed E-state index contributed by atoms with van der Waals surface area (Å²) in [5, 5.41) is 11.3. The summed E-state index contributed by atoms with van der Waals surface area (Å²) in [4.78, 5) is 16.1. The highest BCUT2D eigenvalue weighted by Crippen LogP contribution is 2.33. The fourth-order valence-electron chi connectivity index (χ4n) is 3.15. The molecule has 0 bridgehead atoms. The Labute approximate surface area is 167 Å². The Kier molecular flexibility index (Phi) is 5.18. The maximum Gasteiger partial charge on any atom is 0.343 e. The lowest BCUT2D eigenvalue weighted by atomic mass is 10.1. The van der Waals surface area contributed by atoms with Crippen LogP contribution >= 0.6 is 23.2 Å². The van der Waals surface area contributed by atoms with Crippen LogP contribution in [0, 0.1) is 13.8 Å². The molecule has 0 radical (unpaired) electrons. The van der Waals surface area contributed by atoms with Gasteiger partial charge in [0.15, 0.2) is 5.76 Å². The summed E-state index contributed by atoms with van der Waals surface area (Å²) in [6.45, 7) is 5.54. The molecular weight excluding hydrogens is 387 g/mol. The SMILES string of the molecule is COC(=O)C1=C(O)/C(=C/c2cc(C)n(-c3cccc(Cl)c3Cl)c2C)N=C1C. The van der Waals surface area contributed by atoms with Crippen molar-refractivity contribution in [3.05, 3.63) is 68.3 Å². The van der Waals surface area contributed by atoms with Crippen molar-refractivity contribution in [2.45, 2.75) is 20.8 Å². The number of aromatic nitrogens is 1. The average molecular weight is 405 g/mol. The second-order valence-corrected chi connectivity index (χ2v) is 6.96. The minimum Gasteiger partial charge on any atom is -0.505 e. The fraction of sp³-hybridized carbons (Fsp3) is 0.200. The molecule has 0 amide bonds. The van der Waals surface area contributed by atoms with Crippen LogP contribution in [0.4, 0.5) is 0 Å². The molecule has 2 aromatic rings. The summed E-state index contributed by atoms with van der Waals surface area (Å²) < 4.78 is 6.69. The molecule has 0 aliphatic carbocycles. The Bertz CT molecular complexity index is 1050. The number of esters is 1. The summed E-state index contributed by atoms with van der Waals surface area (Å²) >= 11 is 12.5. The third kappa shape index (κ3) is 3.29. The summed E-state index contributed by atoms with van der Waals surface area (Å²) in [7, 11) is 1.26. The van der Waals surface area contributed by atoms with E-state index in [2.05, 4.69) is 4.99 Å². The first kappa shape index (κ1) is 19.3. The zero-order valence-corrected chi connectivity index (χ0v) is 16.8. The van der Waals surface area contributed by atoms with E-state index < -0.39 is 5.97 Å². The first-order valence-electron chi connectivity index (χ1n) is 8.18. The second-order valence-electron chi connectivity index (χ2n) is 6.18. The molecule has 1 N–H and O–H groups in total. The molecule has 0 spiro atoms. The minimum atomic E-state index is -0.617. The molecule has 5 nitrogen and oxygen atoms in total. The van der Waals surface area contributed by atoms with Crippen LogP contribution in [0.3, 0.4) is 0 Å². The summed E-state index contributed by atoms with van der Waals surface area (Å²) in [6, 6.07) is 7.41. The molecule has 27 heavy (non-hydrogen) atoms. The summed E-state index contributed by atoms with van der Waals surface area (Å²) in [5.41, 5.74) is 4.26. The lowest BCUT2D eigenvalue weighted by Crippen LogP contribution is -2.11. The van der Waals surface area contributed by atoms with Gasteiger partial charge in [-0.1, -0.05) is 29.3 Å². The molecule has 2 heterocycles. The quantitative estimate of drug-likeness (QED) is 0.714. The number of nitrogens with zero attached hydrogens (tertiary/aromatic N) is 2. The molecule has 0 fully saturated rings. The van der Waals surface area contributed by atoms with Gasteiger partial charge in [-0.3, -0.25) is 0 Å². The predicted molar refractivity (Wildman–Crippen MR) is 108 cm³/mol. The van der Waals surface area contributed by atoms with Gasteiger partial charge in [-0.05, 0) is 50.6 Å². The molecule has 3 rings (SSSR count). The lowest BCUT2D eigenvalue weighted by Gasteiger charge is -2.12. The van der Waals surface area contributed by atoms with Crippen molar-refractivity contribution in [2.24, 2.45) is 4.99 Å². The number of halogens is 2. The van der Waals surface area contributed by atoms with Crippen LogP contribution < -0.4 is 0 Å². The highest BCUT2D eigenvalue weighted by Gasteiger charge is 2.27. The van der Waals surface area contributed by atoms with Crippen molar-refractivity contribution in [2.75, 3.05) is 7.11 Å². The molecule has 140 valence electrons. The number of hydrogen-bond acceptors (Lipinski definition) is 4. The van der Waals surface area contributed by atoms with Crippen molar-refractivity contribution >= 4 is 41.0 Å². The Balaban J connectivity index is 2.11. The molecule has 0 saturated carbocycles. The van der Waals surface area contributed by atoms with E-state index >= 15 is 0 Å². The van der Waals surface area contributed by atoms with Gasteiger partial charge in [0.05, 0.1) is 28.6 Å². The summed E-state index contributed by atoms with van der Waals surface area (Å²) in [5.74, 6) is -0.807. The zero-order valence-electron chi connectivity index (χ0n) is 15.3. The highest BCUT2D eigenvalue weighted by atomic mass is 35.5. The zero-order chi connectivity index (χ0) is 19.9. The molecule has 1 aromatic carbocycles. The van der Waals surface area contributed by atoms with E-state index in [1.165, 1.54) is 7.11 Å². The molecule has 1 aliphatic rings. The largest absolute Gasteiger partial charge is 0.505 e. The molecule has 7 heteroatoms. The van der Waals surface area contributed by atoms with E-state index in [4.69, 9.17) is 27.9 Å². The number of aryl methyl sites for hydroxylation is 1. The van der Waals surface area contributed by atoms with Gasteiger partial charge < -0.3 is 14.4 Å². The van der Waals surface area contributed by atoms with E-state index in [-0.39, 0.29) is 11.3 Å². The Hall–Kier alpha value is -2.50. The highest BCUT2D eigenvalue weighted by molar-refractivity contribution is 6.43. The number of aliphatic imine (C=N–C) groups is 1. The molecular formula is C20H18Cl2N2O3. The van der Waals surface area contributed by atoms with Gasteiger partial charge in [0.2, 0.25) is 0 Å². The second kappa shape index (κ2) is 7.25. The Morgan fingerprint density at radius 3 is 2.63 bits per heavy atom. The first-order valence-corrected chi connectivity index (χ1v) is 8.94. The third-order valence-corrected chi connectivity index (χ3v) is 5.26. The fourth-order valence-corrected chi connectivity index (χ4v) is 3.53.